The van der Waals surface area contributed by atoms with Gasteiger partial charge in [-0.1, -0.05) is 6.07 Å². The number of benzene rings is 1. The van der Waals surface area contributed by atoms with Crippen molar-refractivity contribution in [3.8, 4) is 0 Å². The molecule has 0 unspecified atom stereocenters. The Labute approximate surface area is 122 Å². The molecule has 0 spiro atoms. The maximum Gasteiger partial charge on any atom is 0.342 e. The molecule has 1 N–H and O–H groups in total. The van der Waals surface area contributed by atoms with Gasteiger partial charge in [0.15, 0.2) is 0 Å². The monoisotopic (exact) mass is 294 g/mol. The Balaban J connectivity index is 2.26. The molecule has 1 aromatic carbocycles. The molecule has 0 bridgehead atoms. The number of nitrogens with zero attached hydrogens (tertiary/aromatic N) is 2. The van der Waals surface area contributed by atoms with E-state index in [4.69, 9.17) is 9.84 Å². The number of hydrogen-bond donors (Lipinski definition) is 1. The minimum absolute atomic E-state index is 0.174. The van der Waals surface area contributed by atoms with Crippen LogP contribution in [0.25, 0.3) is 0 Å². The lowest BCUT2D eigenvalue weighted by molar-refractivity contribution is -0.384. The number of nitro groups is 1. The molecule has 0 amide bonds. The molecule has 1 saturated heterocycles. The molecule has 21 heavy (non-hydrogen) atoms. The molecule has 2 rings (SSSR count). The Bertz CT molecular complexity index is 538. The third-order valence-electron chi connectivity index (χ3n) is 3.61. The first kappa shape index (κ1) is 15.2. The SMILES string of the molecule is CCOC1CCN(c2cccc(C(=O)O)c2[N+](=O)[O-])CC1. The van der Waals surface area contributed by atoms with Crippen LogP contribution in [0.1, 0.15) is 30.1 Å². The molecule has 0 saturated carbocycles. The van der Waals surface area contributed by atoms with Gasteiger partial charge in [0.05, 0.1) is 11.0 Å². The van der Waals surface area contributed by atoms with Gasteiger partial charge in [-0.05, 0) is 31.9 Å². The van der Waals surface area contributed by atoms with Gasteiger partial charge < -0.3 is 14.7 Å². The number of hydrogen-bond acceptors (Lipinski definition) is 5. The van der Waals surface area contributed by atoms with Crippen molar-refractivity contribution in [2.24, 2.45) is 0 Å². The predicted octanol–water partition coefficient (Wildman–Crippen LogP) is 2.30. The second kappa shape index (κ2) is 6.53. The normalized spacial score (nSPS) is 16.0. The molecule has 114 valence electrons. The molecule has 7 nitrogen and oxygen atoms in total. The summed E-state index contributed by atoms with van der Waals surface area (Å²) in [7, 11) is 0. The number of ether oxygens (including phenoxy) is 1. The molecule has 1 aromatic rings. The maximum atomic E-state index is 11.2. The van der Waals surface area contributed by atoms with Crippen molar-refractivity contribution in [3.63, 3.8) is 0 Å². The van der Waals surface area contributed by atoms with Crippen molar-refractivity contribution in [2.45, 2.75) is 25.9 Å². The largest absolute Gasteiger partial charge is 0.477 e. The lowest BCUT2D eigenvalue weighted by atomic mass is 10.0. The summed E-state index contributed by atoms with van der Waals surface area (Å²) >= 11 is 0. The third-order valence-corrected chi connectivity index (χ3v) is 3.61. The Morgan fingerprint density at radius 3 is 2.67 bits per heavy atom. The van der Waals surface area contributed by atoms with E-state index in [2.05, 4.69) is 0 Å². The standard InChI is InChI=1S/C14H18N2O5/c1-2-21-10-6-8-15(9-7-10)12-5-3-4-11(14(17)18)13(12)16(19)20/h3-5,10H,2,6-9H2,1H3,(H,17,18). The fraction of sp³-hybridized carbons (Fsp3) is 0.500. The number of carbonyl (C=O) groups is 1. The van der Waals surface area contributed by atoms with Crippen LogP contribution in [-0.2, 0) is 4.74 Å². The number of anilines is 1. The van der Waals surface area contributed by atoms with E-state index in [1.54, 1.807) is 12.1 Å². The van der Waals surface area contributed by atoms with E-state index in [1.165, 1.54) is 6.07 Å². The van der Waals surface area contributed by atoms with Crippen LogP contribution in [0.4, 0.5) is 11.4 Å². The van der Waals surface area contributed by atoms with Gasteiger partial charge in [-0.2, -0.15) is 0 Å². The van der Waals surface area contributed by atoms with Crippen LogP contribution >= 0.6 is 0 Å². The summed E-state index contributed by atoms with van der Waals surface area (Å²) in [5, 5.41) is 20.4. The van der Waals surface area contributed by atoms with Crippen molar-refractivity contribution in [2.75, 3.05) is 24.6 Å². The Kier molecular flexibility index (Phi) is 4.74. The average Bonchev–Trinajstić information content (AvgIpc) is 2.47. The van der Waals surface area contributed by atoms with E-state index < -0.39 is 10.9 Å². The van der Waals surface area contributed by atoms with E-state index in [0.29, 0.717) is 25.4 Å². The lowest BCUT2D eigenvalue weighted by Crippen LogP contribution is -2.37. The molecule has 1 fully saturated rings. The number of carboxylic acids is 1. The highest BCUT2D eigenvalue weighted by atomic mass is 16.6. The Morgan fingerprint density at radius 2 is 2.14 bits per heavy atom. The van der Waals surface area contributed by atoms with Crippen molar-refractivity contribution < 1.29 is 19.6 Å². The highest BCUT2D eigenvalue weighted by Gasteiger charge is 2.29. The number of carboxylic acid groups (broad SMARTS) is 1. The van der Waals surface area contributed by atoms with E-state index in [-0.39, 0.29) is 17.4 Å². The van der Waals surface area contributed by atoms with Gasteiger partial charge in [0, 0.05) is 19.7 Å². The zero-order valence-corrected chi connectivity index (χ0v) is 11.8. The Morgan fingerprint density at radius 1 is 1.48 bits per heavy atom. The second-order valence-corrected chi connectivity index (χ2v) is 4.88. The Hall–Kier alpha value is -2.15. The molecule has 1 heterocycles. The van der Waals surface area contributed by atoms with E-state index >= 15 is 0 Å². The quantitative estimate of drug-likeness (QED) is 0.661. The summed E-state index contributed by atoms with van der Waals surface area (Å²) in [6.07, 6.45) is 1.73. The fourth-order valence-electron chi connectivity index (χ4n) is 2.65. The number of aromatic carboxylic acids is 1. The van der Waals surface area contributed by atoms with Crippen molar-refractivity contribution >= 4 is 17.3 Å². The molecule has 0 atom stereocenters. The van der Waals surface area contributed by atoms with Gasteiger partial charge in [-0.15, -0.1) is 0 Å². The van der Waals surface area contributed by atoms with Gasteiger partial charge in [0.25, 0.3) is 0 Å². The predicted molar refractivity (Wildman–Crippen MR) is 76.9 cm³/mol. The van der Waals surface area contributed by atoms with Crippen LogP contribution in [0.5, 0.6) is 0 Å². The molecule has 0 aliphatic carbocycles. The zero-order chi connectivity index (χ0) is 15.4. The summed E-state index contributed by atoms with van der Waals surface area (Å²) in [4.78, 5) is 23.6. The third kappa shape index (κ3) is 3.30. The second-order valence-electron chi connectivity index (χ2n) is 4.88. The molecule has 1 aliphatic rings. The van der Waals surface area contributed by atoms with Crippen molar-refractivity contribution in [3.05, 3.63) is 33.9 Å². The summed E-state index contributed by atoms with van der Waals surface area (Å²) in [6.45, 7) is 3.83. The summed E-state index contributed by atoms with van der Waals surface area (Å²) < 4.78 is 5.55. The van der Waals surface area contributed by atoms with Crippen LogP contribution in [0.15, 0.2) is 18.2 Å². The van der Waals surface area contributed by atoms with Crippen LogP contribution in [-0.4, -0.2) is 41.8 Å². The van der Waals surface area contributed by atoms with Gasteiger partial charge in [-0.3, -0.25) is 10.1 Å². The lowest BCUT2D eigenvalue weighted by Gasteiger charge is -2.33. The minimum atomic E-state index is -1.28. The first-order chi connectivity index (χ1) is 10.0. The average molecular weight is 294 g/mol. The highest BCUT2D eigenvalue weighted by Crippen LogP contribution is 2.33. The molecule has 0 radical (unpaired) electrons. The number of piperidine rings is 1. The summed E-state index contributed by atoms with van der Waals surface area (Å²) in [6, 6.07) is 4.41. The summed E-state index contributed by atoms with van der Waals surface area (Å²) in [5.41, 5.74) is -0.237. The van der Waals surface area contributed by atoms with Crippen LogP contribution in [0, 0.1) is 10.1 Å². The van der Waals surface area contributed by atoms with Crippen molar-refractivity contribution in [1.82, 2.24) is 0 Å². The van der Waals surface area contributed by atoms with Gasteiger partial charge >= 0.3 is 11.7 Å². The highest BCUT2D eigenvalue weighted by molar-refractivity contribution is 5.95. The number of para-hydroxylation sites is 1. The summed E-state index contributed by atoms with van der Waals surface area (Å²) in [5.74, 6) is -1.28. The fourth-order valence-corrected chi connectivity index (χ4v) is 2.65. The number of nitro benzene ring substituents is 1. The maximum absolute atomic E-state index is 11.2. The van der Waals surface area contributed by atoms with E-state index in [9.17, 15) is 14.9 Å². The molecule has 7 heteroatoms. The first-order valence-corrected chi connectivity index (χ1v) is 6.91. The van der Waals surface area contributed by atoms with Crippen LogP contribution < -0.4 is 4.90 Å². The van der Waals surface area contributed by atoms with E-state index in [0.717, 1.165) is 12.8 Å². The first-order valence-electron chi connectivity index (χ1n) is 6.91. The molecular weight excluding hydrogens is 276 g/mol. The van der Waals surface area contributed by atoms with E-state index in [1.807, 2.05) is 11.8 Å². The molecular formula is C14H18N2O5. The van der Waals surface area contributed by atoms with Gasteiger partial charge in [0.1, 0.15) is 11.3 Å². The minimum Gasteiger partial charge on any atom is -0.477 e. The van der Waals surface area contributed by atoms with Crippen molar-refractivity contribution in [1.29, 1.82) is 0 Å². The van der Waals surface area contributed by atoms with Gasteiger partial charge in [-0.25, -0.2) is 4.79 Å². The topological polar surface area (TPSA) is 92.9 Å². The van der Waals surface area contributed by atoms with Crippen LogP contribution in [0.2, 0.25) is 0 Å². The molecule has 0 aromatic heterocycles. The van der Waals surface area contributed by atoms with Gasteiger partial charge in [0.2, 0.25) is 0 Å². The molecule has 1 aliphatic heterocycles. The zero-order valence-electron chi connectivity index (χ0n) is 11.8. The smallest absolute Gasteiger partial charge is 0.342 e. The number of rotatable bonds is 5. The van der Waals surface area contributed by atoms with Crippen LogP contribution in [0.3, 0.4) is 0 Å².